The van der Waals surface area contributed by atoms with Crippen LogP contribution < -0.4 is 5.32 Å². The summed E-state index contributed by atoms with van der Waals surface area (Å²) in [6.07, 6.45) is 6.27. The fraction of sp³-hybridized carbons (Fsp3) is 0.389. The first kappa shape index (κ1) is 28.7. The number of benzene rings is 3. The molecule has 5 rings (SSSR count). The Bertz CT molecular complexity index is 1500. The van der Waals surface area contributed by atoms with E-state index in [1.54, 1.807) is 0 Å². The number of aryl methyl sites for hydroxylation is 1. The van der Waals surface area contributed by atoms with Crippen LogP contribution in [0.5, 0.6) is 0 Å². The second-order valence-corrected chi connectivity index (χ2v) is 11.8. The molecule has 2 amide bonds. The standard InChI is InChI=1S/C36H43N3O2/c1-5-6-7-8-16-23-37-35(40)31(24-25(2)3)39-34(27-19-12-13-20-28(27)36(39)41)32-29-21-14-15-22-30(29)38(4)33(32)26-17-10-9-11-18-26/h9-15,17-22,25,31,34H,5-8,16,23-24H2,1-4H3,(H,37,40). The monoisotopic (exact) mass is 549 g/mol. The number of amides is 2. The number of unbranched alkanes of at least 4 members (excludes halogenated alkanes) is 4. The lowest BCUT2D eigenvalue weighted by molar-refractivity contribution is -0.126. The summed E-state index contributed by atoms with van der Waals surface area (Å²) >= 11 is 0. The summed E-state index contributed by atoms with van der Waals surface area (Å²) in [4.78, 5) is 30.1. The Morgan fingerprint density at radius 2 is 1.56 bits per heavy atom. The summed E-state index contributed by atoms with van der Waals surface area (Å²) < 4.78 is 2.23. The van der Waals surface area contributed by atoms with Gasteiger partial charge in [-0.05, 0) is 42.0 Å². The maximum Gasteiger partial charge on any atom is 0.255 e. The molecule has 0 radical (unpaired) electrons. The zero-order chi connectivity index (χ0) is 28.9. The lowest BCUT2D eigenvalue weighted by Gasteiger charge is -2.34. The number of hydrogen-bond donors (Lipinski definition) is 1. The molecule has 2 unspecified atom stereocenters. The number of nitrogens with one attached hydrogen (secondary N) is 1. The predicted octanol–water partition coefficient (Wildman–Crippen LogP) is 7.89. The van der Waals surface area contributed by atoms with Crippen LogP contribution in [0.4, 0.5) is 0 Å². The van der Waals surface area contributed by atoms with Gasteiger partial charge < -0.3 is 14.8 Å². The van der Waals surface area contributed by atoms with E-state index in [-0.39, 0.29) is 23.8 Å². The van der Waals surface area contributed by atoms with E-state index in [1.165, 1.54) is 19.3 Å². The molecule has 1 aliphatic rings. The summed E-state index contributed by atoms with van der Waals surface area (Å²) in [5.74, 6) is 0.122. The van der Waals surface area contributed by atoms with Crippen LogP contribution in [-0.4, -0.2) is 33.9 Å². The number of aromatic nitrogens is 1. The molecule has 2 heterocycles. The number of nitrogens with zero attached hydrogens (tertiary/aromatic N) is 2. The molecule has 5 heteroatoms. The van der Waals surface area contributed by atoms with Crippen molar-refractivity contribution in [3.8, 4) is 11.3 Å². The third-order valence-electron chi connectivity index (χ3n) is 8.38. The van der Waals surface area contributed by atoms with Crippen LogP contribution in [0.25, 0.3) is 22.2 Å². The van der Waals surface area contributed by atoms with Gasteiger partial charge in [0.15, 0.2) is 0 Å². The smallest absolute Gasteiger partial charge is 0.255 e. The normalized spacial score (nSPS) is 15.5. The van der Waals surface area contributed by atoms with Crippen molar-refractivity contribution in [2.75, 3.05) is 6.54 Å². The molecule has 1 N–H and O–H groups in total. The van der Waals surface area contributed by atoms with Crippen molar-refractivity contribution in [2.24, 2.45) is 13.0 Å². The largest absolute Gasteiger partial charge is 0.354 e. The molecule has 1 aromatic heterocycles. The highest BCUT2D eigenvalue weighted by molar-refractivity contribution is 6.04. The van der Waals surface area contributed by atoms with Gasteiger partial charge in [-0.3, -0.25) is 9.59 Å². The van der Waals surface area contributed by atoms with Gasteiger partial charge in [0.05, 0.1) is 11.7 Å². The van der Waals surface area contributed by atoms with Crippen molar-refractivity contribution in [1.82, 2.24) is 14.8 Å². The van der Waals surface area contributed by atoms with E-state index in [2.05, 4.69) is 92.3 Å². The number of hydrogen-bond acceptors (Lipinski definition) is 2. The minimum Gasteiger partial charge on any atom is -0.354 e. The van der Waals surface area contributed by atoms with Gasteiger partial charge in [-0.15, -0.1) is 0 Å². The minimum atomic E-state index is -0.571. The van der Waals surface area contributed by atoms with Crippen molar-refractivity contribution < 1.29 is 9.59 Å². The zero-order valence-corrected chi connectivity index (χ0v) is 24.9. The summed E-state index contributed by atoms with van der Waals surface area (Å²) in [5, 5.41) is 4.32. The van der Waals surface area contributed by atoms with Gasteiger partial charge in [-0.1, -0.05) is 113 Å². The molecule has 0 aliphatic carbocycles. The van der Waals surface area contributed by atoms with Gasteiger partial charge in [0.25, 0.3) is 5.91 Å². The Kier molecular flexibility index (Phi) is 8.92. The van der Waals surface area contributed by atoms with Crippen LogP contribution >= 0.6 is 0 Å². The van der Waals surface area contributed by atoms with E-state index in [4.69, 9.17) is 0 Å². The molecule has 214 valence electrons. The summed E-state index contributed by atoms with van der Waals surface area (Å²) in [6, 6.07) is 25.7. The van der Waals surface area contributed by atoms with Crippen LogP contribution in [0.2, 0.25) is 0 Å². The molecule has 0 bridgehead atoms. The van der Waals surface area contributed by atoms with Crippen molar-refractivity contribution >= 4 is 22.7 Å². The van der Waals surface area contributed by atoms with Crippen molar-refractivity contribution in [2.45, 2.75) is 71.4 Å². The molecule has 41 heavy (non-hydrogen) atoms. The van der Waals surface area contributed by atoms with E-state index in [1.807, 2.05) is 29.2 Å². The van der Waals surface area contributed by atoms with Gasteiger partial charge in [-0.2, -0.15) is 0 Å². The van der Waals surface area contributed by atoms with Crippen LogP contribution in [0.1, 0.15) is 86.8 Å². The Morgan fingerprint density at radius 3 is 2.32 bits per heavy atom. The van der Waals surface area contributed by atoms with Gasteiger partial charge in [0.2, 0.25) is 5.91 Å². The molecule has 4 aromatic rings. The average molecular weight is 550 g/mol. The minimum absolute atomic E-state index is 0.0538. The highest BCUT2D eigenvalue weighted by Crippen LogP contribution is 2.47. The molecule has 0 fully saturated rings. The second kappa shape index (κ2) is 12.8. The predicted molar refractivity (Wildman–Crippen MR) is 168 cm³/mol. The summed E-state index contributed by atoms with van der Waals surface area (Å²) in [5.41, 5.74) is 6.00. The number of carbonyl (C=O) groups is 2. The number of carbonyl (C=O) groups excluding carboxylic acids is 2. The van der Waals surface area contributed by atoms with E-state index in [9.17, 15) is 9.59 Å². The molecule has 3 aromatic carbocycles. The van der Waals surface area contributed by atoms with Crippen LogP contribution in [-0.2, 0) is 11.8 Å². The maximum absolute atomic E-state index is 14.3. The third-order valence-corrected chi connectivity index (χ3v) is 8.38. The number of fused-ring (bicyclic) bond motifs is 2. The van der Waals surface area contributed by atoms with Gasteiger partial charge in [0.1, 0.15) is 6.04 Å². The molecular weight excluding hydrogens is 506 g/mol. The first-order chi connectivity index (χ1) is 19.9. The zero-order valence-electron chi connectivity index (χ0n) is 24.9. The third kappa shape index (κ3) is 5.68. The topological polar surface area (TPSA) is 54.3 Å². The first-order valence-corrected chi connectivity index (χ1v) is 15.3. The number of para-hydroxylation sites is 1. The van der Waals surface area contributed by atoms with Crippen LogP contribution in [0, 0.1) is 5.92 Å². The Balaban J connectivity index is 1.63. The lowest BCUT2D eigenvalue weighted by Crippen LogP contribution is -2.49. The average Bonchev–Trinajstić information content (AvgIpc) is 3.44. The quantitative estimate of drug-likeness (QED) is 0.183. The number of rotatable bonds is 12. The molecule has 0 spiro atoms. The Morgan fingerprint density at radius 1 is 0.878 bits per heavy atom. The Labute approximate surface area is 244 Å². The van der Waals surface area contributed by atoms with Crippen molar-refractivity contribution in [1.29, 1.82) is 0 Å². The summed E-state index contributed by atoms with van der Waals surface area (Å²) in [6.45, 7) is 7.10. The Hall–Kier alpha value is -3.86. The van der Waals surface area contributed by atoms with Crippen molar-refractivity contribution in [3.05, 3.63) is 95.6 Å². The van der Waals surface area contributed by atoms with E-state index in [0.717, 1.165) is 46.1 Å². The van der Waals surface area contributed by atoms with Crippen molar-refractivity contribution in [3.63, 3.8) is 0 Å². The SMILES string of the molecule is CCCCCCCNC(=O)C(CC(C)C)N1C(=O)c2ccccc2C1c1c(-c2ccccc2)n(C)c2ccccc12. The van der Waals surface area contributed by atoms with Crippen LogP contribution in [0.3, 0.4) is 0 Å². The van der Waals surface area contributed by atoms with Gasteiger partial charge in [0, 0.05) is 35.6 Å². The fourth-order valence-electron chi connectivity index (χ4n) is 6.45. The van der Waals surface area contributed by atoms with Crippen LogP contribution in [0.15, 0.2) is 78.9 Å². The summed E-state index contributed by atoms with van der Waals surface area (Å²) in [7, 11) is 2.10. The second-order valence-electron chi connectivity index (χ2n) is 11.8. The highest BCUT2D eigenvalue weighted by Gasteiger charge is 2.46. The van der Waals surface area contributed by atoms with E-state index < -0.39 is 6.04 Å². The molecule has 2 atom stereocenters. The molecule has 1 aliphatic heterocycles. The molecule has 5 nitrogen and oxygen atoms in total. The lowest BCUT2D eigenvalue weighted by atomic mass is 9.91. The van der Waals surface area contributed by atoms with E-state index >= 15 is 0 Å². The van der Waals surface area contributed by atoms with Gasteiger partial charge in [-0.25, -0.2) is 0 Å². The highest BCUT2D eigenvalue weighted by atomic mass is 16.2. The molecule has 0 saturated carbocycles. The molecule has 0 saturated heterocycles. The molecular formula is C36H43N3O2. The van der Waals surface area contributed by atoms with E-state index in [0.29, 0.717) is 18.5 Å². The van der Waals surface area contributed by atoms with Gasteiger partial charge >= 0.3 is 0 Å². The maximum atomic E-state index is 14.3. The fourth-order valence-corrected chi connectivity index (χ4v) is 6.45. The first-order valence-electron chi connectivity index (χ1n) is 15.3.